The van der Waals surface area contributed by atoms with Crippen molar-refractivity contribution in [3.05, 3.63) is 83.9 Å². The summed E-state index contributed by atoms with van der Waals surface area (Å²) in [5.74, 6) is 0.604. The van der Waals surface area contributed by atoms with Gasteiger partial charge in [-0.15, -0.1) is 0 Å². The first-order valence-corrected chi connectivity index (χ1v) is 11.3. The number of nitrogens with one attached hydrogen (secondary N) is 1. The van der Waals surface area contributed by atoms with Crippen LogP contribution in [0.25, 0.3) is 0 Å². The van der Waals surface area contributed by atoms with Crippen LogP contribution >= 0.6 is 0 Å². The fraction of sp³-hybridized carbons (Fsp3) is 0.208. The number of carbonyl (C=O) groups excluding carboxylic acids is 1. The van der Waals surface area contributed by atoms with Crippen LogP contribution < -0.4 is 14.4 Å². The smallest absolute Gasteiger partial charge is 0.264 e. The lowest BCUT2D eigenvalue weighted by Gasteiger charge is -2.20. The molecule has 0 saturated heterocycles. The van der Waals surface area contributed by atoms with Crippen molar-refractivity contribution in [1.29, 1.82) is 0 Å². The molecule has 1 amide bonds. The number of carbonyl (C=O) groups is 1. The summed E-state index contributed by atoms with van der Waals surface area (Å²) in [6.07, 6.45) is 0. The first-order valence-electron chi connectivity index (χ1n) is 9.87. The summed E-state index contributed by atoms with van der Waals surface area (Å²) in [5.41, 5.74) is 2.72. The van der Waals surface area contributed by atoms with Crippen LogP contribution in [0.5, 0.6) is 5.75 Å². The zero-order chi connectivity index (χ0) is 22.6. The molecule has 0 aromatic heterocycles. The summed E-state index contributed by atoms with van der Waals surface area (Å²) in [6.45, 7) is 4.14. The van der Waals surface area contributed by atoms with Crippen molar-refractivity contribution in [2.24, 2.45) is 0 Å². The molecule has 162 valence electrons. The lowest BCUT2D eigenvalue weighted by atomic mass is 10.0. The van der Waals surface area contributed by atoms with Gasteiger partial charge >= 0.3 is 0 Å². The number of benzene rings is 3. The van der Waals surface area contributed by atoms with Crippen molar-refractivity contribution in [1.82, 2.24) is 0 Å². The molecule has 0 aliphatic carbocycles. The molecule has 0 bridgehead atoms. The van der Waals surface area contributed by atoms with E-state index >= 15 is 0 Å². The van der Waals surface area contributed by atoms with Crippen molar-refractivity contribution in [3.63, 3.8) is 0 Å². The molecular weight excluding hydrogens is 412 g/mol. The molecule has 0 fully saturated rings. The molecule has 1 N–H and O–H groups in total. The number of ether oxygens (including phenoxy) is 1. The number of nitrogens with zero attached hydrogens (tertiary/aromatic N) is 1. The van der Waals surface area contributed by atoms with Gasteiger partial charge in [-0.05, 0) is 66.1 Å². The fourth-order valence-electron chi connectivity index (χ4n) is 3.18. The minimum absolute atomic E-state index is 0.155. The van der Waals surface area contributed by atoms with E-state index in [0.29, 0.717) is 17.0 Å². The highest BCUT2D eigenvalue weighted by atomic mass is 32.2. The molecule has 3 rings (SSSR count). The number of methoxy groups -OCH3 is 1. The standard InChI is InChI=1S/C24H26N2O4S/c1-17(2)22-7-5-6-8-23(22)25-24(27)18-9-11-19(12-10-18)26(3)31(28,29)21-15-13-20(30-4)14-16-21/h5-17H,1-4H3,(H,25,27). The van der Waals surface area contributed by atoms with Gasteiger partial charge in [0, 0.05) is 18.3 Å². The highest BCUT2D eigenvalue weighted by Crippen LogP contribution is 2.26. The van der Waals surface area contributed by atoms with Gasteiger partial charge in [-0.3, -0.25) is 9.10 Å². The van der Waals surface area contributed by atoms with Gasteiger partial charge in [0.25, 0.3) is 15.9 Å². The van der Waals surface area contributed by atoms with E-state index in [1.165, 1.54) is 30.6 Å². The number of amides is 1. The lowest BCUT2D eigenvalue weighted by molar-refractivity contribution is 0.102. The van der Waals surface area contributed by atoms with E-state index in [0.717, 1.165) is 11.3 Å². The Morgan fingerprint density at radius 1 is 0.935 bits per heavy atom. The summed E-state index contributed by atoms with van der Waals surface area (Å²) in [7, 11) is -0.734. The molecule has 0 atom stereocenters. The number of anilines is 2. The van der Waals surface area contributed by atoms with Crippen LogP contribution in [-0.4, -0.2) is 28.5 Å². The SMILES string of the molecule is COc1ccc(S(=O)(=O)N(C)c2ccc(C(=O)Nc3ccccc3C(C)C)cc2)cc1. The molecule has 0 saturated carbocycles. The predicted octanol–water partition coefficient (Wildman–Crippen LogP) is 4.90. The molecule has 3 aromatic rings. The monoisotopic (exact) mass is 438 g/mol. The average molecular weight is 439 g/mol. The quantitative estimate of drug-likeness (QED) is 0.569. The van der Waals surface area contributed by atoms with Gasteiger partial charge in [0.2, 0.25) is 0 Å². The Morgan fingerprint density at radius 2 is 1.55 bits per heavy atom. The van der Waals surface area contributed by atoms with E-state index in [1.54, 1.807) is 36.4 Å². The molecule has 31 heavy (non-hydrogen) atoms. The van der Waals surface area contributed by atoms with E-state index in [9.17, 15) is 13.2 Å². The Hall–Kier alpha value is -3.32. The van der Waals surface area contributed by atoms with Crippen LogP contribution in [0.15, 0.2) is 77.7 Å². The number of hydrogen-bond acceptors (Lipinski definition) is 4. The number of rotatable bonds is 7. The highest BCUT2D eigenvalue weighted by molar-refractivity contribution is 7.92. The summed E-state index contributed by atoms with van der Waals surface area (Å²) < 4.78 is 32.1. The van der Waals surface area contributed by atoms with Crippen molar-refractivity contribution in [2.75, 3.05) is 23.8 Å². The van der Waals surface area contributed by atoms with Crippen LogP contribution in [0.4, 0.5) is 11.4 Å². The van der Waals surface area contributed by atoms with Gasteiger partial charge in [-0.2, -0.15) is 0 Å². The van der Waals surface area contributed by atoms with Crippen LogP contribution in [0.3, 0.4) is 0 Å². The van der Waals surface area contributed by atoms with Crippen molar-refractivity contribution >= 4 is 27.3 Å². The molecule has 0 aliphatic rings. The predicted molar refractivity (Wildman–Crippen MR) is 124 cm³/mol. The number of sulfonamides is 1. The lowest BCUT2D eigenvalue weighted by Crippen LogP contribution is -2.26. The van der Waals surface area contributed by atoms with Crippen LogP contribution in [0, 0.1) is 0 Å². The second-order valence-electron chi connectivity index (χ2n) is 7.39. The zero-order valence-electron chi connectivity index (χ0n) is 18.0. The second-order valence-corrected chi connectivity index (χ2v) is 9.36. The van der Waals surface area contributed by atoms with E-state index in [-0.39, 0.29) is 16.7 Å². The Bertz CT molecular complexity index is 1150. The van der Waals surface area contributed by atoms with Gasteiger partial charge in [0.15, 0.2) is 0 Å². The van der Waals surface area contributed by atoms with Gasteiger partial charge < -0.3 is 10.1 Å². The van der Waals surface area contributed by atoms with Crippen molar-refractivity contribution in [2.45, 2.75) is 24.7 Å². The van der Waals surface area contributed by atoms with E-state index in [1.807, 2.05) is 24.3 Å². The molecule has 6 nitrogen and oxygen atoms in total. The largest absolute Gasteiger partial charge is 0.497 e. The molecule has 7 heteroatoms. The van der Waals surface area contributed by atoms with Crippen LogP contribution in [0.1, 0.15) is 35.7 Å². The van der Waals surface area contributed by atoms with E-state index in [4.69, 9.17) is 4.74 Å². The van der Waals surface area contributed by atoms with Gasteiger partial charge in [-0.1, -0.05) is 32.0 Å². The van der Waals surface area contributed by atoms with E-state index < -0.39 is 10.0 Å². The summed E-state index contributed by atoms with van der Waals surface area (Å²) in [5, 5.41) is 2.94. The Labute approximate surface area is 183 Å². The maximum absolute atomic E-state index is 12.9. The molecule has 0 spiro atoms. The third kappa shape index (κ3) is 4.88. The maximum Gasteiger partial charge on any atom is 0.264 e. The summed E-state index contributed by atoms with van der Waals surface area (Å²) in [4.78, 5) is 12.8. The van der Waals surface area contributed by atoms with Crippen LogP contribution in [0.2, 0.25) is 0 Å². The highest BCUT2D eigenvalue weighted by Gasteiger charge is 2.21. The van der Waals surface area contributed by atoms with Crippen LogP contribution in [-0.2, 0) is 10.0 Å². The number of para-hydroxylation sites is 1. The van der Waals surface area contributed by atoms with Gasteiger partial charge in [0.05, 0.1) is 17.7 Å². The normalized spacial score (nSPS) is 11.3. The topological polar surface area (TPSA) is 75.7 Å². The average Bonchev–Trinajstić information content (AvgIpc) is 2.78. The molecule has 0 heterocycles. The van der Waals surface area contributed by atoms with E-state index in [2.05, 4.69) is 19.2 Å². The fourth-order valence-corrected chi connectivity index (χ4v) is 4.37. The zero-order valence-corrected chi connectivity index (χ0v) is 18.8. The molecule has 0 unspecified atom stereocenters. The summed E-state index contributed by atoms with van der Waals surface area (Å²) >= 11 is 0. The molecule has 0 radical (unpaired) electrons. The van der Waals surface area contributed by atoms with Gasteiger partial charge in [-0.25, -0.2) is 8.42 Å². The molecule has 0 aliphatic heterocycles. The summed E-state index contributed by atoms with van der Waals surface area (Å²) in [6, 6.07) is 20.3. The maximum atomic E-state index is 12.9. The Balaban J connectivity index is 1.78. The Kier molecular flexibility index (Phi) is 6.65. The van der Waals surface area contributed by atoms with Crippen molar-refractivity contribution < 1.29 is 17.9 Å². The van der Waals surface area contributed by atoms with Gasteiger partial charge in [0.1, 0.15) is 5.75 Å². The minimum Gasteiger partial charge on any atom is -0.497 e. The first-order chi connectivity index (χ1) is 14.7. The third-order valence-corrected chi connectivity index (χ3v) is 6.84. The number of hydrogen-bond donors (Lipinski definition) is 1. The minimum atomic E-state index is -3.74. The third-order valence-electron chi connectivity index (χ3n) is 5.04. The second kappa shape index (κ2) is 9.22. The molecular formula is C24H26N2O4S. The van der Waals surface area contributed by atoms with Crippen molar-refractivity contribution in [3.8, 4) is 5.75 Å². The Morgan fingerprint density at radius 3 is 2.13 bits per heavy atom. The first kappa shape index (κ1) is 22.4. The molecule has 3 aromatic carbocycles.